The van der Waals surface area contributed by atoms with E-state index in [1.54, 1.807) is 23.9 Å². The van der Waals surface area contributed by atoms with E-state index in [0.29, 0.717) is 30.4 Å². The normalized spacial score (nSPS) is 10.9. The lowest BCUT2D eigenvalue weighted by Crippen LogP contribution is -2.07. The molecule has 5 nitrogen and oxygen atoms in total. The van der Waals surface area contributed by atoms with Crippen molar-refractivity contribution in [1.82, 2.24) is 14.8 Å². The summed E-state index contributed by atoms with van der Waals surface area (Å²) in [5.41, 5.74) is 0.907. The molecule has 102 valence electrons. The van der Waals surface area contributed by atoms with Crippen LogP contribution in [0.5, 0.6) is 0 Å². The molecule has 0 atom stereocenters. The minimum Gasteiger partial charge on any atom is -0.396 e. The number of halogens is 1. The zero-order valence-corrected chi connectivity index (χ0v) is 11.5. The van der Waals surface area contributed by atoms with Crippen molar-refractivity contribution in [2.45, 2.75) is 19.6 Å². The van der Waals surface area contributed by atoms with Gasteiger partial charge in [0, 0.05) is 30.8 Å². The van der Waals surface area contributed by atoms with E-state index in [0.717, 1.165) is 11.4 Å². The van der Waals surface area contributed by atoms with Crippen molar-refractivity contribution < 1.29 is 9.84 Å². The third-order valence-electron chi connectivity index (χ3n) is 2.65. The molecule has 0 saturated heterocycles. The van der Waals surface area contributed by atoms with Crippen LogP contribution in [0.15, 0.2) is 24.3 Å². The van der Waals surface area contributed by atoms with Gasteiger partial charge < -0.3 is 9.84 Å². The number of hydrogen-bond acceptors (Lipinski definition) is 4. The summed E-state index contributed by atoms with van der Waals surface area (Å²) < 4.78 is 6.88. The van der Waals surface area contributed by atoms with Crippen molar-refractivity contribution in [3.8, 4) is 11.4 Å². The molecule has 0 saturated carbocycles. The highest BCUT2D eigenvalue weighted by atomic mass is 35.5. The van der Waals surface area contributed by atoms with Crippen molar-refractivity contribution in [2.75, 3.05) is 13.7 Å². The first-order valence-corrected chi connectivity index (χ1v) is 6.42. The number of aromatic nitrogens is 3. The summed E-state index contributed by atoms with van der Waals surface area (Å²) >= 11 is 5.86. The van der Waals surface area contributed by atoms with Crippen LogP contribution in [0, 0.1) is 0 Å². The summed E-state index contributed by atoms with van der Waals surface area (Å²) in [4.78, 5) is 4.45. The van der Waals surface area contributed by atoms with E-state index in [1.165, 1.54) is 0 Å². The number of ether oxygens (including phenoxy) is 1. The molecule has 0 unspecified atom stereocenters. The van der Waals surface area contributed by atoms with E-state index < -0.39 is 0 Å². The first-order valence-electron chi connectivity index (χ1n) is 6.04. The van der Waals surface area contributed by atoms with Crippen molar-refractivity contribution in [2.24, 2.45) is 0 Å². The zero-order valence-electron chi connectivity index (χ0n) is 10.7. The molecule has 1 aromatic carbocycles. The fourth-order valence-electron chi connectivity index (χ4n) is 1.73. The molecule has 1 aromatic heterocycles. The minimum atomic E-state index is 0.128. The van der Waals surface area contributed by atoms with Crippen LogP contribution in [0.2, 0.25) is 5.02 Å². The maximum atomic E-state index is 8.90. The molecule has 2 rings (SSSR count). The van der Waals surface area contributed by atoms with Crippen LogP contribution >= 0.6 is 11.6 Å². The van der Waals surface area contributed by atoms with Crippen LogP contribution in [0.25, 0.3) is 11.4 Å². The predicted molar refractivity (Wildman–Crippen MR) is 72.9 cm³/mol. The van der Waals surface area contributed by atoms with Crippen LogP contribution in [0.1, 0.15) is 12.2 Å². The molecule has 0 radical (unpaired) electrons. The Hall–Kier alpha value is -1.43. The largest absolute Gasteiger partial charge is 0.396 e. The zero-order chi connectivity index (χ0) is 13.7. The maximum absolute atomic E-state index is 8.90. The van der Waals surface area contributed by atoms with Crippen LogP contribution in [0.3, 0.4) is 0 Å². The molecule has 0 bridgehead atoms. The fraction of sp³-hybridized carbons (Fsp3) is 0.385. The molecule has 19 heavy (non-hydrogen) atoms. The topological polar surface area (TPSA) is 60.2 Å². The number of hydrogen-bond donors (Lipinski definition) is 1. The summed E-state index contributed by atoms with van der Waals surface area (Å²) in [6.07, 6.45) is 0.639. The molecule has 2 aromatic rings. The van der Waals surface area contributed by atoms with Gasteiger partial charge in [0.25, 0.3) is 0 Å². The number of rotatable bonds is 6. The molecule has 1 N–H and O–H groups in total. The second-order valence-corrected chi connectivity index (χ2v) is 4.53. The average molecular weight is 282 g/mol. The molecular weight excluding hydrogens is 266 g/mol. The molecule has 0 aliphatic carbocycles. The van der Waals surface area contributed by atoms with Crippen LogP contribution < -0.4 is 0 Å². The first kappa shape index (κ1) is 14.0. The van der Waals surface area contributed by atoms with Gasteiger partial charge in [-0.25, -0.2) is 9.67 Å². The molecule has 6 heteroatoms. The summed E-state index contributed by atoms with van der Waals surface area (Å²) in [5, 5.41) is 14.0. The third-order valence-corrected chi connectivity index (χ3v) is 2.90. The highest BCUT2D eigenvalue weighted by Gasteiger charge is 2.11. The Bertz CT molecular complexity index is 525. The molecule has 0 aliphatic rings. The number of methoxy groups -OCH3 is 1. The second kappa shape index (κ2) is 6.65. The number of aliphatic hydroxyl groups is 1. The average Bonchev–Trinajstić information content (AvgIpc) is 2.81. The van der Waals surface area contributed by atoms with E-state index in [9.17, 15) is 0 Å². The molecule has 1 heterocycles. The highest BCUT2D eigenvalue weighted by Crippen LogP contribution is 2.19. The van der Waals surface area contributed by atoms with Crippen molar-refractivity contribution in [3.63, 3.8) is 0 Å². The smallest absolute Gasteiger partial charge is 0.181 e. The summed E-state index contributed by atoms with van der Waals surface area (Å²) in [5.74, 6) is 1.39. The Morgan fingerprint density at radius 1 is 1.32 bits per heavy atom. The molecule has 0 amide bonds. The van der Waals surface area contributed by atoms with Gasteiger partial charge in [-0.3, -0.25) is 0 Å². The van der Waals surface area contributed by atoms with Crippen molar-refractivity contribution >= 4 is 11.6 Å². The maximum Gasteiger partial charge on any atom is 0.181 e. The summed E-state index contributed by atoms with van der Waals surface area (Å²) in [6.45, 7) is 1.14. The Kier molecular flexibility index (Phi) is 4.90. The monoisotopic (exact) mass is 281 g/mol. The number of aliphatic hydroxyl groups excluding tert-OH is 1. The third kappa shape index (κ3) is 3.53. The van der Waals surface area contributed by atoms with E-state index in [2.05, 4.69) is 10.1 Å². The van der Waals surface area contributed by atoms with E-state index >= 15 is 0 Å². The highest BCUT2D eigenvalue weighted by molar-refractivity contribution is 6.30. The Labute approximate surface area is 116 Å². The standard InChI is InChI=1S/C13H16ClN3O2/c1-19-9-12-15-13(16-17(12)7-2-8-18)10-3-5-11(14)6-4-10/h3-6,18H,2,7-9H2,1H3. The van der Waals surface area contributed by atoms with Gasteiger partial charge in [-0.15, -0.1) is 0 Å². The van der Waals surface area contributed by atoms with Gasteiger partial charge in [-0.2, -0.15) is 5.10 Å². The second-order valence-electron chi connectivity index (χ2n) is 4.09. The quantitative estimate of drug-likeness (QED) is 0.881. The lowest BCUT2D eigenvalue weighted by molar-refractivity contribution is 0.171. The Balaban J connectivity index is 2.27. The number of nitrogens with zero attached hydrogens (tertiary/aromatic N) is 3. The van der Waals surface area contributed by atoms with Gasteiger partial charge in [0.2, 0.25) is 0 Å². The molecule has 0 spiro atoms. The van der Waals surface area contributed by atoms with Crippen molar-refractivity contribution in [3.05, 3.63) is 35.1 Å². The molecule has 0 aliphatic heterocycles. The first-order chi connectivity index (χ1) is 9.24. The predicted octanol–water partition coefficient (Wildman–Crippen LogP) is 2.13. The van der Waals surface area contributed by atoms with Gasteiger partial charge in [-0.05, 0) is 30.7 Å². The van der Waals surface area contributed by atoms with E-state index in [-0.39, 0.29) is 6.61 Å². The van der Waals surface area contributed by atoms with Crippen LogP contribution in [-0.2, 0) is 17.9 Å². The van der Waals surface area contributed by atoms with Gasteiger partial charge in [0.15, 0.2) is 11.6 Å². The number of aryl methyl sites for hydroxylation is 1. The molecule has 0 fully saturated rings. The fourth-order valence-corrected chi connectivity index (χ4v) is 1.86. The van der Waals surface area contributed by atoms with E-state index in [4.69, 9.17) is 21.4 Å². The van der Waals surface area contributed by atoms with Gasteiger partial charge in [0.05, 0.1) is 0 Å². The molecular formula is C13H16ClN3O2. The number of benzene rings is 1. The van der Waals surface area contributed by atoms with Gasteiger partial charge in [-0.1, -0.05) is 11.6 Å². The minimum absolute atomic E-state index is 0.128. The lowest BCUT2D eigenvalue weighted by Gasteiger charge is -2.02. The van der Waals surface area contributed by atoms with Crippen LogP contribution in [-0.4, -0.2) is 33.6 Å². The van der Waals surface area contributed by atoms with Crippen molar-refractivity contribution in [1.29, 1.82) is 0 Å². The SMILES string of the molecule is COCc1nc(-c2ccc(Cl)cc2)nn1CCCO. The Morgan fingerprint density at radius 3 is 2.68 bits per heavy atom. The van der Waals surface area contributed by atoms with E-state index in [1.807, 2.05) is 12.1 Å². The van der Waals surface area contributed by atoms with Gasteiger partial charge in [0.1, 0.15) is 6.61 Å². The summed E-state index contributed by atoms with van der Waals surface area (Å²) in [7, 11) is 1.62. The van der Waals surface area contributed by atoms with Gasteiger partial charge >= 0.3 is 0 Å². The lowest BCUT2D eigenvalue weighted by atomic mass is 10.2. The summed E-state index contributed by atoms with van der Waals surface area (Å²) in [6, 6.07) is 7.37. The Morgan fingerprint density at radius 2 is 2.05 bits per heavy atom. The van der Waals surface area contributed by atoms with Crippen LogP contribution in [0.4, 0.5) is 0 Å².